The SMILES string of the molecule is Cc1ccc(C#CC2=CN=C(C#CC3=Cc4ccc(C)cc4CC3)CC2)cc1. The van der Waals surface area contributed by atoms with Gasteiger partial charge in [0, 0.05) is 29.3 Å². The maximum Gasteiger partial charge on any atom is 0.0906 e. The van der Waals surface area contributed by atoms with Gasteiger partial charge < -0.3 is 0 Å². The van der Waals surface area contributed by atoms with Gasteiger partial charge in [-0.05, 0) is 68.4 Å². The van der Waals surface area contributed by atoms with E-state index in [1.807, 2.05) is 6.20 Å². The van der Waals surface area contributed by atoms with Gasteiger partial charge in [-0.15, -0.1) is 0 Å². The number of aliphatic imine (C=N–C) groups is 1. The Morgan fingerprint density at radius 2 is 1.46 bits per heavy atom. The van der Waals surface area contributed by atoms with E-state index in [2.05, 4.69) is 91.1 Å². The lowest BCUT2D eigenvalue weighted by Gasteiger charge is -2.13. The van der Waals surface area contributed by atoms with Gasteiger partial charge in [-0.25, -0.2) is 0 Å². The second kappa shape index (κ2) is 8.16. The summed E-state index contributed by atoms with van der Waals surface area (Å²) in [6.45, 7) is 4.23. The largest absolute Gasteiger partial charge is 0.251 e. The van der Waals surface area contributed by atoms with Crippen molar-refractivity contribution in [3.05, 3.63) is 87.6 Å². The Morgan fingerprint density at radius 1 is 0.714 bits per heavy atom. The van der Waals surface area contributed by atoms with Gasteiger partial charge in [-0.2, -0.15) is 0 Å². The summed E-state index contributed by atoms with van der Waals surface area (Å²) < 4.78 is 0. The predicted molar refractivity (Wildman–Crippen MR) is 118 cm³/mol. The molecule has 1 heterocycles. The monoisotopic (exact) mass is 361 g/mol. The average molecular weight is 361 g/mol. The van der Waals surface area contributed by atoms with Crippen LogP contribution in [-0.2, 0) is 6.42 Å². The lowest BCUT2D eigenvalue weighted by atomic mass is 9.91. The van der Waals surface area contributed by atoms with Gasteiger partial charge in [0.15, 0.2) is 0 Å². The van der Waals surface area contributed by atoms with E-state index in [4.69, 9.17) is 0 Å². The number of aryl methyl sites for hydroxylation is 3. The zero-order chi connectivity index (χ0) is 19.3. The fraction of sp³-hybridized carbons (Fsp3) is 0.222. The Morgan fingerprint density at radius 3 is 2.25 bits per heavy atom. The van der Waals surface area contributed by atoms with E-state index in [0.717, 1.165) is 42.5 Å². The van der Waals surface area contributed by atoms with E-state index in [0.29, 0.717) is 0 Å². The minimum Gasteiger partial charge on any atom is -0.251 e. The predicted octanol–water partition coefficient (Wildman–Crippen LogP) is 5.81. The summed E-state index contributed by atoms with van der Waals surface area (Å²) in [4.78, 5) is 4.53. The zero-order valence-electron chi connectivity index (χ0n) is 16.5. The van der Waals surface area contributed by atoms with Crippen molar-refractivity contribution in [3.8, 4) is 23.7 Å². The van der Waals surface area contributed by atoms with E-state index in [9.17, 15) is 0 Å². The molecule has 0 radical (unpaired) electrons. The third-order valence-electron chi connectivity index (χ3n) is 5.09. The molecule has 0 bridgehead atoms. The summed E-state index contributed by atoms with van der Waals surface area (Å²) in [5.41, 5.74) is 9.59. The van der Waals surface area contributed by atoms with Crippen molar-refractivity contribution in [2.75, 3.05) is 0 Å². The van der Waals surface area contributed by atoms with Gasteiger partial charge in [0.25, 0.3) is 0 Å². The van der Waals surface area contributed by atoms with Crippen molar-refractivity contribution in [3.63, 3.8) is 0 Å². The van der Waals surface area contributed by atoms with Crippen molar-refractivity contribution in [2.45, 2.75) is 39.5 Å². The molecule has 0 aromatic heterocycles. The number of hydrogen-bond donors (Lipinski definition) is 0. The molecule has 0 atom stereocenters. The van der Waals surface area contributed by atoms with Crippen molar-refractivity contribution in [1.82, 2.24) is 0 Å². The highest BCUT2D eigenvalue weighted by Gasteiger charge is 2.09. The van der Waals surface area contributed by atoms with Crippen molar-refractivity contribution in [2.24, 2.45) is 4.99 Å². The van der Waals surface area contributed by atoms with Crippen LogP contribution < -0.4 is 0 Å². The molecular formula is C27H23N. The van der Waals surface area contributed by atoms with Crippen LogP contribution in [0, 0.1) is 37.5 Å². The molecule has 2 aliphatic rings. The van der Waals surface area contributed by atoms with Crippen LogP contribution in [0.2, 0.25) is 0 Å². The minimum absolute atomic E-state index is 0.866. The first kappa shape index (κ1) is 18.1. The highest BCUT2D eigenvalue weighted by atomic mass is 14.7. The van der Waals surface area contributed by atoms with Crippen molar-refractivity contribution >= 4 is 11.8 Å². The Balaban J connectivity index is 1.45. The van der Waals surface area contributed by atoms with E-state index in [1.54, 1.807) is 0 Å². The number of benzene rings is 2. The Hall–Kier alpha value is -3.29. The topological polar surface area (TPSA) is 12.4 Å². The van der Waals surface area contributed by atoms with Crippen LogP contribution in [0.4, 0.5) is 0 Å². The first-order valence-electron chi connectivity index (χ1n) is 9.82. The molecule has 1 aliphatic carbocycles. The smallest absolute Gasteiger partial charge is 0.0906 e. The molecule has 0 spiro atoms. The molecule has 1 heteroatoms. The first-order valence-corrected chi connectivity index (χ1v) is 9.82. The van der Waals surface area contributed by atoms with Gasteiger partial charge in [-0.1, -0.05) is 59.2 Å². The molecule has 28 heavy (non-hydrogen) atoms. The van der Waals surface area contributed by atoms with Gasteiger partial charge in [-0.3, -0.25) is 4.99 Å². The average Bonchev–Trinajstić information content (AvgIpc) is 2.72. The van der Waals surface area contributed by atoms with Crippen molar-refractivity contribution < 1.29 is 0 Å². The fourth-order valence-electron chi connectivity index (χ4n) is 3.39. The van der Waals surface area contributed by atoms with Crippen LogP contribution in [0.15, 0.2) is 64.8 Å². The summed E-state index contributed by atoms with van der Waals surface area (Å²) in [5.74, 6) is 13.1. The Kier molecular flexibility index (Phi) is 5.27. The van der Waals surface area contributed by atoms with Crippen LogP contribution in [0.3, 0.4) is 0 Å². The molecule has 0 saturated heterocycles. The number of allylic oxidation sites excluding steroid dienone is 2. The lowest BCUT2D eigenvalue weighted by molar-refractivity contribution is 0.954. The van der Waals surface area contributed by atoms with Gasteiger partial charge in [0.2, 0.25) is 0 Å². The first-order chi connectivity index (χ1) is 13.7. The summed E-state index contributed by atoms with van der Waals surface area (Å²) >= 11 is 0. The van der Waals surface area contributed by atoms with Crippen LogP contribution in [0.25, 0.3) is 6.08 Å². The number of hydrogen-bond acceptors (Lipinski definition) is 1. The van der Waals surface area contributed by atoms with E-state index >= 15 is 0 Å². The Labute approximate surface area is 167 Å². The molecule has 0 amide bonds. The molecule has 0 unspecified atom stereocenters. The molecule has 1 aliphatic heterocycles. The van der Waals surface area contributed by atoms with Crippen LogP contribution in [0.1, 0.15) is 47.1 Å². The summed E-state index contributed by atoms with van der Waals surface area (Å²) in [6.07, 6.45) is 7.96. The standard InChI is InChI=1S/C27H23N/c1-20-3-6-22(7-4-20)8-9-24-12-16-27(28-19-24)15-11-23-10-14-25-17-21(2)5-13-26(25)18-23/h3-7,13,17-19H,10,12,14,16H2,1-2H3. The Bertz CT molecular complexity index is 1120. The molecule has 0 N–H and O–H groups in total. The third kappa shape index (κ3) is 4.51. The summed E-state index contributed by atoms with van der Waals surface area (Å²) in [7, 11) is 0. The normalized spacial score (nSPS) is 15.0. The number of nitrogens with zero attached hydrogens (tertiary/aromatic N) is 1. The molecule has 2 aromatic carbocycles. The second-order valence-electron chi connectivity index (χ2n) is 7.47. The van der Waals surface area contributed by atoms with Gasteiger partial charge in [0.1, 0.15) is 0 Å². The highest BCUT2D eigenvalue weighted by molar-refractivity contribution is 6.02. The van der Waals surface area contributed by atoms with Gasteiger partial charge in [0.05, 0.1) is 5.71 Å². The summed E-state index contributed by atoms with van der Waals surface area (Å²) in [5, 5.41) is 0. The van der Waals surface area contributed by atoms with E-state index in [1.165, 1.54) is 27.8 Å². The molecular weight excluding hydrogens is 338 g/mol. The lowest BCUT2D eigenvalue weighted by Crippen LogP contribution is -2.01. The second-order valence-corrected chi connectivity index (χ2v) is 7.47. The zero-order valence-corrected chi connectivity index (χ0v) is 16.5. The van der Waals surface area contributed by atoms with E-state index < -0.39 is 0 Å². The third-order valence-corrected chi connectivity index (χ3v) is 5.09. The summed E-state index contributed by atoms with van der Waals surface area (Å²) in [6, 6.07) is 14.9. The highest BCUT2D eigenvalue weighted by Crippen LogP contribution is 2.24. The molecule has 0 saturated carbocycles. The number of rotatable bonds is 0. The minimum atomic E-state index is 0.866. The molecule has 0 fully saturated rings. The van der Waals surface area contributed by atoms with Crippen LogP contribution >= 0.6 is 0 Å². The maximum atomic E-state index is 4.53. The molecule has 2 aromatic rings. The quantitative estimate of drug-likeness (QED) is 0.525. The van der Waals surface area contributed by atoms with E-state index in [-0.39, 0.29) is 0 Å². The molecule has 136 valence electrons. The van der Waals surface area contributed by atoms with Crippen LogP contribution in [0.5, 0.6) is 0 Å². The molecule has 1 nitrogen and oxygen atoms in total. The molecule has 4 rings (SSSR count). The fourth-order valence-corrected chi connectivity index (χ4v) is 3.39. The number of fused-ring (bicyclic) bond motifs is 1. The maximum absolute atomic E-state index is 4.53. The van der Waals surface area contributed by atoms with Gasteiger partial charge >= 0.3 is 0 Å². The van der Waals surface area contributed by atoms with Crippen LogP contribution in [-0.4, -0.2) is 5.71 Å². The van der Waals surface area contributed by atoms with Crippen molar-refractivity contribution in [1.29, 1.82) is 0 Å².